The van der Waals surface area contributed by atoms with Gasteiger partial charge >= 0.3 is 0 Å². The van der Waals surface area contributed by atoms with Gasteiger partial charge in [-0.05, 0) is 37.8 Å². The van der Waals surface area contributed by atoms with Crippen LogP contribution in [0.2, 0.25) is 0 Å². The number of nitrogens with zero attached hydrogens (tertiary/aromatic N) is 2. The molecule has 1 atom stereocenters. The highest BCUT2D eigenvalue weighted by Gasteiger charge is 2.36. The van der Waals surface area contributed by atoms with Crippen molar-refractivity contribution in [2.75, 3.05) is 19.4 Å². The van der Waals surface area contributed by atoms with Crippen LogP contribution in [0, 0.1) is 16.0 Å². The van der Waals surface area contributed by atoms with Gasteiger partial charge in [0.25, 0.3) is 5.69 Å². The summed E-state index contributed by atoms with van der Waals surface area (Å²) in [5.41, 5.74) is 0.0443. The molecule has 1 unspecified atom stereocenters. The first-order valence-corrected chi connectivity index (χ1v) is 8.17. The van der Waals surface area contributed by atoms with Gasteiger partial charge in [0.1, 0.15) is 5.69 Å². The van der Waals surface area contributed by atoms with Gasteiger partial charge in [-0.15, -0.1) is 0 Å². The Morgan fingerprint density at radius 3 is 2.52 bits per heavy atom. The molecule has 0 bridgehead atoms. The van der Waals surface area contributed by atoms with Crippen LogP contribution in [-0.4, -0.2) is 37.8 Å². The first-order valence-electron chi connectivity index (χ1n) is 6.73. The van der Waals surface area contributed by atoms with Gasteiger partial charge in [-0.1, -0.05) is 0 Å². The Morgan fingerprint density at radius 1 is 1.43 bits per heavy atom. The second-order valence-corrected chi connectivity index (χ2v) is 7.28. The van der Waals surface area contributed by atoms with Crippen molar-refractivity contribution in [1.82, 2.24) is 4.31 Å². The summed E-state index contributed by atoms with van der Waals surface area (Å²) in [7, 11) is -0.570. The van der Waals surface area contributed by atoms with Crippen LogP contribution in [-0.2, 0) is 10.0 Å². The van der Waals surface area contributed by atoms with Crippen LogP contribution in [0.5, 0.6) is 0 Å². The highest BCUT2D eigenvalue weighted by Crippen LogP contribution is 2.37. The molecule has 8 heteroatoms. The predicted octanol–water partition coefficient (Wildman–Crippen LogP) is 2.06. The maximum absolute atomic E-state index is 12.6. The Hall–Kier alpha value is -1.67. The maximum Gasteiger partial charge on any atom is 0.292 e. The first kappa shape index (κ1) is 15.7. The molecule has 1 aliphatic rings. The number of rotatable bonds is 6. The average molecular weight is 313 g/mol. The van der Waals surface area contributed by atoms with Crippen LogP contribution < -0.4 is 5.32 Å². The molecule has 1 aromatic rings. The molecular weight excluding hydrogens is 294 g/mol. The number of nitro groups is 1. The van der Waals surface area contributed by atoms with Crippen LogP contribution in [0.15, 0.2) is 23.1 Å². The number of hydrogen-bond donors (Lipinski definition) is 1. The molecule has 0 spiro atoms. The number of sulfonamides is 1. The molecule has 0 aliphatic heterocycles. The van der Waals surface area contributed by atoms with E-state index >= 15 is 0 Å². The summed E-state index contributed by atoms with van der Waals surface area (Å²) in [6, 6.07) is 3.74. The topological polar surface area (TPSA) is 92.6 Å². The van der Waals surface area contributed by atoms with Gasteiger partial charge in [-0.2, -0.15) is 4.31 Å². The number of anilines is 1. The van der Waals surface area contributed by atoms with E-state index in [0.29, 0.717) is 5.92 Å². The van der Waals surface area contributed by atoms with Crippen molar-refractivity contribution >= 4 is 21.4 Å². The van der Waals surface area contributed by atoms with E-state index in [1.54, 1.807) is 7.05 Å². The molecule has 1 N–H and O–H groups in total. The van der Waals surface area contributed by atoms with E-state index in [0.717, 1.165) is 12.8 Å². The third-order valence-electron chi connectivity index (χ3n) is 3.99. The van der Waals surface area contributed by atoms with E-state index in [1.807, 2.05) is 6.92 Å². The van der Waals surface area contributed by atoms with Gasteiger partial charge in [-0.3, -0.25) is 10.1 Å². The number of nitrogens with one attached hydrogen (secondary N) is 1. The molecule has 1 aromatic carbocycles. The number of nitro benzene ring substituents is 1. The summed E-state index contributed by atoms with van der Waals surface area (Å²) in [6.45, 7) is 1.89. The van der Waals surface area contributed by atoms with E-state index in [9.17, 15) is 18.5 Å². The van der Waals surface area contributed by atoms with E-state index in [2.05, 4.69) is 5.32 Å². The summed E-state index contributed by atoms with van der Waals surface area (Å²) >= 11 is 0. The highest BCUT2D eigenvalue weighted by atomic mass is 32.2. The minimum Gasteiger partial charge on any atom is -0.383 e. The van der Waals surface area contributed by atoms with Crippen molar-refractivity contribution in [1.29, 1.82) is 0 Å². The van der Waals surface area contributed by atoms with Crippen molar-refractivity contribution in [2.24, 2.45) is 5.92 Å². The molecule has 0 saturated heterocycles. The Labute approximate surface area is 124 Å². The summed E-state index contributed by atoms with van der Waals surface area (Å²) < 4.78 is 26.5. The monoisotopic (exact) mass is 313 g/mol. The van der Waals surface area contributed by atoms with Gasteiger partial charge in [-0.25, -0.2) is 8.42 Å². The standard InChI is InChI=1S/C13H19N3O4S/c1-9(10-4-5-10)15(3)21(19,20)11-6-7-13(16(17)18)12(8-11)14-2/h6-10,14H,4-5H2,1-3H3. The van der Waals surface area contributed by atoms with Crippen molar-refractivity contribution in [3.63, 3.8) is 0 Å². The van der Waals surface area contributed by atoms with Crippen LogP contribution >= 0.6 is 0 Å². The zero-order valence-electron chi connectivity index (χ0n) is 12.2. The quantitative estimate of drug-likeness (QED) is 0.641. The zero-order chi connectivity index (χ0) is 15.8. The van der Waals surface area contributed by atoms with Gasteiger partial charge in [0.05, 0.1) is 9.82 Å². The van der Waals surface area contributed by atoms with Crippen molar-refractivity contribution in [3.05, 3.63) is 28.3 Å². The fraction of sp³-hybridized carbons (Fsp3) is 0.538. The van der Waals surface area contributed by atoms with Crippen LogP contribution in [0.25, 0.3) is 0 Å². The fourth-order valence-corrected chi connectivity index (χ4v) is 3.74. The van der Waals surface area contributed by atoms with E-state index in [4.69, 9.17) is 0 Å². The largest absolute Gasteiger partial charge is 0.383 e. The van der Waals surface area contributed by atoms with Crippen LogP contribution in [0.4, 0.5) is 11.4 Å². The Morgan fingerprint density at radius 2 is 2.05 bits per heavy atom. The molecule has 21 heavy (non-hydrogen) atoms. The Bertz CT molecular complexity index is 655. The first-order chi connectivity index (χ1) is 9.78. The third kappa shape index (κ3) is 3.01. The lowest BCUT2D eigenvalue weighted by molar-refractivity contribution is -0.384. The Kier molecular flexibility index (Phi) is 4.20. The number of hydrogen-bond acceptors (Lipinski definition) is 5. The average Bonchev–Trinajstić information content (AvgIpc) is 3.29. The second-order valence-electron chi connectivity index (χ2n) is 5.29. The van der Waals surface area contributed by atoms with Gasteiger partial charge in [0.2, 0.25) is 10.0 Å². The third-order valence-corrected chi connectivity index (χ3v) is 5.93. The predicted molar refractivity (Wildman–Crippen MR) is 79.8 cm³/mol. The van der Waals surface area contributed by atoms with Gasteiger partial charge < -0.3 is 5.32 Å². The maximum atomic E-state index is 12.6. The molecule has 1 saturated carbocycles. The molecule has 7 nitrogen and oxygen atoms in total. The minimum absolute atomic E-state index is 0.0625. The molecule has 116 valence electrons. The van der Waals surface area contributed by atoms with E-state index < -0.39 is 14.9 Å². The summed E-state index contributed by atoms with van der Waals surface area (Å²) in [6.07, 6.45) is 2.09. The molecule has 0 aromatic heterocycles. The summed E-state index contributed by atoms with van der Waals surface area (Å²) in [4.78, 5) is 10.4. The van der Waals surface area contributed by atoms with E-state index in [1.165, 1.54) is 29.6 Å². The second kappa shape index (κ2) is 5.61. The Balaban J connectivity index is 2.37. The molecular formula is C13H19N3O4S. The molecule has 0 heterocycles. The van der Waals surface area contributed by atoms with E-state index in [-0.39, 0.29) is 22.3 Å². The molecule has 1 aliphatic carbocycles. The smallest absolute Gasteiger partial charge is 0.292 e. The minimum atomic E-state index is -3.65. The van der Waals surface area contributed by atoms with Crippen molar-refractivity contribution in [2.45, 2.75) is 30.7 Å². The molecule has 2 rings (SSSR count). The lowest BCUT2D eigenvalue weighted by atomic mass is 10.2. The summed E-state index contributed by atoms with van der Waals surface area (Å²) in [5.74, 6) is 0.409. The summed E-state index contributed by atoms with van der Waals surface area (Å²) in [5, 5.41) is 13.6. The van der Waals surface area contributed by atoms with Gasteiger partial charge in [0.15, 0.2) is 0 Å². The lowest BCUT2D eigenvalue weighted by Gasteiger charge is -2.24. The van der Waals surface area contributed by atoms with Crippen LogP contribution in [0.3, 0.4) is 0 Å². The molecule has 1 fully saturated rings. The van der Waals surface area contributed by atoms with Crippen molar-refractivity contribution < 1.29 is 13.3 Å². The van der Waals surface area contributed by atoms with Gasteiger partial charge in [0, 0.05) is 26.2 Å². The molecule has 0 amide bonds. The lowest BCUT2D eigenvalue weighted by Crippen LogP contribution is -2.36. The SMILES string of the molecule is CNc1cc(S(=O)(=O)N(C)C(C)C2CC2)ccc1[N+](=O)[O-]. The number of benzene rings is 1. The van der Waals surface area contributed by atoms with Crippen molar-refractivity contribution in [3.8, 4) is 0 Å². The molecule has 0 radical (unpaired) electrons. The highest BCUT2D eigenvalue weighted by molar-refractivity contribution is 7.89. The zero-order valence-corrected chi connectivity index (χ0v) is 13.1. The fourth-order valence-electron chi connectivity index (χ4n) is 2.30. The van der Waals surface area contributed by atoms with Crippen LogP contribution in [0.1, 0.15) is 19.8 Å². The normalized spacial score (nSPS) is 16.8.